The molecule has 0 saturated carbocycles. The molecule has 37 heavy (non-hydrogen) atoms. The monoisotopic (exact) mass is 502 g/mol. The van der Waals surface area contributed by atoms with Gasteiger partial charge in [0.25, 0.3) is 5.56 Å². The summed E-state index contributed by atoms with van der Waals surface area (Å²) in [5.74, 6) is 0.166. The van der Waals surface area contributed by atoms with E-state index in [0.717, 1.165) is 27.6 Å². The van der Waals surface area contributed by atoms with Gasteiger partial charge in [0.1, 0.15) is 6.54 Å². The highest BCUT2D eigenvalue weighted by Gasteiger charge is 2.27. The first-order valence-corrected chi connectivity index (χ1v) is 12.6. The van der Waals surface area contributed by atoms with Gasteiger partial charge in [0.15, 0.2) is 5.82 Å². The van der Waals surface area contributed by atoms with Gasteiger partial charge in [-0.1, -0.05) is 48.9 Å². The van der Waals surface area contributed by atoms with Crippen LogP contribution in [0.2, 0.25) is 0 Å². The molecule has 1 N–H and O–H groups in total. The minimum Gasteiger partial charge on any atom is -0.465 e. The second-order valence-electron chi connectivity index (χ2n) is 9.43. The molecule has 0 amide bonds. The second kappa shape index (κ2) is 11.5. The van der Waals surface area contributed by atoms with Crippen LogP contribution in [0.1, 0.15) is 60.0 Å². The molecule has 0 fully saturated rings. The Labute approximate surface area is 216 Å². The van der Waals surface area contributed by atoms with E-state index in [1.54, 1.807) is 6.92 Å². The average molecular weight is 503 g/mol. The normalized spacial score (nSPS) is 12.3. The van der Waals surface area contributed by atoms with Crippen LogP contribution in [-0.2, 0) is 29.2 Å². The van der Waals surface area contributed by atoms with Gasteiger partial charge in [-0.25, -0.2) is 4.68 Å². The maximum absolute atomic E-state index is 13.2. The van der Waals surface area contributed by atoms with E-state index in [9.17, 15) is 9.59 Å². The molecule has 194 valence electrons. The quantitative estimate of drug-likeness (QED) is 0.325. The van der Waals surface area contributed by atoms with Gasteiger partial charge in [-0.2, -0.15) is 0 Å². The lowest BCUT2D eigenvalue weighted by molar-refractivity contribution is -0.144. The average Bonchev–Trinajstić information content (AvgIpc) is 3.32. The molecule has 4 rings (SSSR count). The fourth-order valence-corrected chi connectivity index (χ4v) is 4.65. The molecule has 1 unspecified atom stereocenters. The Kier molecular flexibility index (Phi) is 8.13. The third-order valence-electron chi connectivity index (χ3n) is 6.67. The maximum Gasteiger partial charge on any atom is 0.327 e. The largest absolute Gasteiger partial charge is 0.465 e. The molecule has 0 aliphatic rings. The zero-order valence-electron chi connectivity index (χ0n) is 22.1. The Balaban J connectivity index is 1.75. The standard InChI is InChI=1S/C28H34N6O3/c1-6-24(27-30-31-32-34(27)17-25(35)37-7-2)33(15-21-12-8-18(3)9-13-21)16-22-14-23-19(4)10-11-20(5)26(23)29-28(22)36/h8-14,24H,6-7,15-17H2,1-5H3,(H,29,36). The smallest absolute Gasteiger partial charge is 0.327 e. The number of rotatable bonds is 10. The number of aryl methyl sites for hydroxylation is 3. The molecular weight excluding hydrogens is 468 g/mol. The zero-order valence-corrected chi connectivity index (χ0v) is 22.1. The number of carbonyl (C=O) groups excluding carboxylic acids is 1. The van der Waals surface area contributed by atoms with Crippen molar-refractivity contribution in [2.75, 3.05) is 6.61 Å². The van der Waals surface area contributed by atoms with Crippen LogP contribution in [0.15, 0.2) is 47.3 Å². The summed E-state index contributed by atoms with van der Waals surface area (Å²) in [6.45, 7) is 11.1. The number of aromatic amines is 1. The number of aromatic nitrogens is 5. The van der Waals surface area contributed by atoms with Crippen LogP contribution in [0.3, 0.4) is 0 Å². The van der Waals surface area contributed by atoms with Crippen LogP contribution in [0.4, 0.5) is 0 Å². The number of pyridine rings is 1. The van der Waals surface area contributed by atoms with Gasteiger partial charge in [-0.15, -0.1) is 5.10 Å². The van der Waals surface area contributed by atoms with Crippen molar-refractivity contribution in [2.45, 2.75) is 66.7 Å². The SMILES string of the molecule is CCOC(=O)Cn1nnnc1C(CC)N(Cc1ccc(C)cc1)Cc1cc2c(C)ccc(C)c2[nH]c1=O. The number of ether oxygens (including phenoxy) is 1. The molecule has 0 radical (unpaired) electrons. The molecule has 4 aromatic rings. The van der Waals surface area contributed by atoms with Crippen molar-refractivity contribution in [3.8, 4) is 0 Å². The second-order valence-corrected chi connectivity index (χ2v) is 9.43. The molecule has 0 bridgehead atoms. The van der Waals surface area contributed by atoms with Crippen molar-refractivity contribution in [3.63, 3.8) is 0 Å². The minimum absolute atomic E-state index is 0.0694. The summed E-state index contributed by atoms with van der Waals surface area (Å²) >= 11 is 0. The van der Waals surface area contributed by atoms with Crippen molar-refractivity contribution >= 4 is 16.9 Å². The first-order chi connectivity index (χ1) is 17.8. The van der Waals surface area contributed by atoms with Crippen molar-refractivity contribution < 1.29 is 9.53 Å². The molecule has 0 spiro atoms. The van der Waals surface area contributed by atoms with E-state index in [2.05, 4.69) is 62.7 Å². The van der Waals surface area contributed by atoms with E-state index in [0.29, 0.717) is 30.9 Å². The zero-order chi connectivity index (χ0) is 26.5. The van der Waals surface area contributed by atoms with E-state index in [1.165, 1.54) is 10.2 Å². The number of nitrogens with one attached hydrogen (secondary N) is 1. The van der Waals surface area contributed by atoms with Crippen LogP contribution in [0.5, 0.6) is 0 Å². The first kappa shape index (κ1) is 26.2. The highest BCUT2D eigenvalue weighted by molar-refractivity contribution is 5.85. The predicted molar refractivity (Wildman–Crippen MR) is 142 cm³/mol. The molecule has 0 saturated heterocycles. The van der Waals surface area contributed by atoms with Crippen molar-refractivity contribution in [1.29, 1.82) is 0 Å². The van der Waals surface area contributed by atoms with Gasteiger partial charge in [-0.3, -0.25) is 14.5 Å². The van der Waals surface area contributed by atoms with E-state index < -0.39 is 5.97 Å². The minimum atomic E-state index is -0.396. The molecule has 0 aliphatic carbocycles. The number of hydrogen-bond donors (Lipinski definition) is 1. The van der Waals surface area contributed by atoms with Crippen molar-refractivity contribution in [2.24, 2.45) is 0 Å². The number of carbonyl (C=O) groups is 1. The Morgan fingerprint density at radius 2 is 1.78 bits per heavy atom. The molecule has 2 aromatic carbocycles. The van der Waals surface area contributed by atoms with E-state index in [1.807, 2.05) is 32.9 Å². The summed E-state index contributed by atoms with van der Waals surface area (Å²) in [7, 11) is 0. The highest BCUT2D eigenvalue weighted by Crippen LogP contribution is 2.27. The van der Waals surface area contributed by atoms with Crippen LogP contribution in [-0.4, -0.2) is 42.7 Å². The Morgan fingerprint density at radius 3 is 2.49 bits per heavy atom. The Hall–Kier alpha value is -3.85. The summed E-state index contributed by atoms with van der Waals surface area (Å²) in [5, 5.41) is 13.2. The van der Waals surface area contributed by atoms with E-state index >= 15 is 0 Å². The van der Waals surface area contributed by atoms with Gasteiger partial charge in [0.2, 0.25) is 0 Å². The lowest BCUT2D eigenvalue weighted by Crippen LogP contribution is -2.33. The van der Waals surface area contributed by atoms with Gasteiger partial charge < -0.3 is 9.72 Å². The summed E-state index contributed by atoms with van der Waals surface area (Å²) in [6, 6.07) is 14.2. The summed E-state index contributed by atoms with van der Waals surface area (Å²) in [4.78, 5) is 30.7. The van der Waals surface area contributed by atoms with Crippen LogP contribution < -0.4 is 5.56 Å². The molecule has 2 heterocycles. The van der Waals surface area contributed by atoms with Gasteiger partial charge in [0, 0.05) is 24.0 Å². The Morgan fingerprint density at radius 1 is 1.05 bits per heavy atom. The van der Waals surface area contributed by atoms with E-state index in [4.69, 9.17) is 4.74 Å². The van der Waals surface area contributed by atoms with Gasteiger partial charge >= 0.3 is 5.97 Å². The predicted octanol–water partition coefficient (Wildman–Crippen LogP) is 4.16. The van der Waals surface area contributed by atoms with Crippen LogP contribution in [0.25, 0.3) is 10.9 Å². The molecule has 9 heteroatoms. The fourth-order valence-electron chi connectivity index (χ4n) is 4.65. The van der Waals surface area contributed by atoms with Gasteiger partial charge in [0.05, 0.1) is 18.2 Å². The number of benzene rings is 2. The summed E-state index contributed by atoms with van der Waals surface area (Å²) < 4.78 is 6.60. The van der Waals surface area contributed by atoms with Gasteiger partial charge in [-0.05, 0) is 67.3 Å². The van der Waals surface area contributed by atoms with Crippen molar-refractivity contribution in [1.82, 2.24) is 30.1 Å². The number of H-pyrrole nitrogens is 1. The number of fused-ring (bicyclic) bond motifs is 1. The molecule has 1 atom stereocenters. The fraction of sp³-hybridized carbons (Fsp3) is 0.393. The van der Waals surface area contributed by atoms with Crippen molar-refractivity contribution in [3.05, 3.63) is 86.5 Å². The topological polar surface area (TPSA) is 106 Å². The maximum atomic E-state index is 13.2. The summed E-state index contributed by atoms with van der Waals surface area (Å²) in [5.41, 5.74) is 5.84. The van der Waals surface area contributed by atoms with Crippen LogP contribution >= 0.6 is 0 Å². The molecule has 2 aromatic heterocycles. The number of hydrogen-bond acceptors (Lipinski definition) is 7. The summed E-state index contributed by atoms with van der Waals surface area (Å²) in [6.07, 6.45) is 0.679. The molecular formula is C28H34N6O3. The van der Waals surface area contributed by atoms with E-state index in [-0.39, 0.29) is 24.8 Å². The Bertz CT molecular complexity index is 1440. The first-order valence-electron chi connectivity index (χ1n) is 12.6. The molecule has 9 nitrogen and oxygen atoms in total. The number of nitrogens with zero attached hydrogens (tertiary/aromatic N) is 5. The third-order valence-corrected chi connectivity index (χ3v) is 6.67. The third kappa shape index (κ3) is 5.94. The number of esters is 1. The molecule has 0 aliphatic heterocycles. The number of tetrazole rings is 1. The lowest BCUT2D eigenvalue weighted by atomic mass is 10.0. The van der Waals surface area contributed by atoms with Crippen LogP contribution in [0, 0.1) is 20.8 Å². The highest BCUT2D eigenvalue weighted by atomic mass is 16.5. The lowest BCUT2D eigenvalue weighted by Gasteiger charge is -2.30.